The first kappa shape index (κ1) is 14.9. The molecule has 0 saturated heterocycles. The van der Waals surface area contributed by atoms with Gasteiger partial charge in [0.25, 0.3) is 0 Å². The van der Waals surface area contributed by atoms with Gasteiger partial charge in [-0.05, 0) is 72.9 Å². The summed E-state index contributed by atoms with van der Waals surface area (Å²) in [5.41, 5.74) is 4.02. The van der Waals surface area contributed by atoms with E-state index < -0.39 is 0 Å². The second-order valence-corrected chi connectivity index (χ2v) is 7.21. The number of benzene rings is 2. The first-order valence-electron chi connectivity index (χ1n) is 8.30. The minimum absolute atomic E-state index is 0.147. The Hall–Kier alpha value is -1.67. The molecule has 4 rings (SSSR count). The van der Waals surface area contributed by atoms with Gasteiger partial charge >= 0.3 is 0 Å². The number of fused-ring (bicyclic) bond motifs is 1. The molecule has 1 atom stereocenters. The second-order valence-electron chi connectivity index (χ2n) is 6.80. The van der Waals surface area contributed by atoms with Crippen LogP contribution in [0.15, 0.2) is 36.4 Å². The minimum atomic E-state index is 0.147. The van der Waals surface area contributed by atoms with E-state index in [9.17, 15) is 5.11 Å². The van der Waals surface area contributed by atoms with E-state index in [1.807, 2.05) is 24.3 Å². The van der Waals surface area contributed by atoms with E-state index in [2.05, 4.69) is 12.1 Å². The van der Waals surface area contributed by atoms with Crippen molar-refractivity contribution in [1.82, 2.24) is 0 Å². The summed E-state index contributed by atoms with van der Waals surface area (Å²) in [4.78, 5) is 0. The zero-order valence-corrected chi connectivity index (χ0v) is 14.1. The van der Waals surface area contributed by atoms with E-state index in [-0.39, 0.29) is 11.2 Å². The van der Waals surface area contributed by atoms with Crippen molar-refractivity contribution in [3.05, 3.63) is 58.1 Å². The standard InChI is InChI=1S/C20H21ClO2/c1-23-19-11-13-5-4-7-15(14(13)12-18(19)22)20(9-10-20)16-6-2-3-8-17(16)21/h2-3,6,8,11-12,15,22H,4-5,7,9-10H2,1H3. The van der Waals surface area contributed by atoms with Crippen LogP contribution < -0.4 is 4.74 Å². The number of rotatable bonds is 3. The molecule has 0 radical (unpaired) electrons. The Balaban J connectivity index is 1.81. The van der Waals surface area contributed by atoms with Crippen molar-refractivity contribution in [1.29, 1.82) is 0 Å². The molecule has 0 bridgehead atoms. The fraction of sp³-hybridized carbons (Fsp3) is 0.400. The maximum absolute atomic E-state index is 10.2. The molecular formula is C20H21ClO2. The van der Waals surface area contributed by atoms with Crippen LogP contribution in [0, 0.1) is 0 Å². The summed E-state index contributed by atoms with van der Waals surface area (Å²) >= 11 is 6.50. The van der Waals surface area contributed by atoms with Crippen LogP contribution in [0.25, 0.3) is 0 Å². The van der Waals surface area contributed by atoms with Gasteiger partial charge < -0.3 is 9.84 Å². The molecule has 0 aromatic heterocycles. The van der Waals surface area contributed by atoms with Crippen LogP contribution in [0.4, 0.5) is 0 Å². The summed E-state index contributed by atoms with van der Waals surface area (Å²) in [5, 5.41) is 11.1. The van der Waals surface area contributed by atoms with Gasteiger partial charge in [0.05, 0.1) is 7.11 Å². The number of phenols is 1. The Morgan fingerprint density at radius 3 is 2.70 bits per heavy atom. The number of ether oxygens (including phenoxy) is 1. The Labute approximate surface area is 142 Å². The van der Waals surface area contributed by atoms with Crippen LogP contribution in [-0.2, 0) is 11.8 Å². The number of hydrogen-bond acceptors (Lipinski definition) is 2. The topological polar surface area (TPSA) is 29.5 Å². The highest BCUT2D eigenvalue weighted by Crippen LogP contribution is 2.62. The average Bonchev–Trinajstić information content (AvgIpc) is 3.35. The third kappa shape index (κ3) is 2.31. The smallest absolute Gasteiger partial charge is 0.160 e. The van der Waals surface area contributed by atoms with E-state index in [4.69, 9.17) is 16.3 Å². The molecule has 23 heavy (non-hydrogen) atoms. The lowest BCUT2D eigenvalue weighted by Crippen LogP contribution is -2.23. The highest BCUT2D eigenvalue weighted by atomic mass is 35.5. The summed E-state index contributed by atoms with van der Waals surface area (Å²) in [7, 11) is 1.61. The molecule has 0 spiro atoms. The van der Waals surface area contributed by atoms with Crippen molar-refractivity contribution >= 4 is 11.6 Å². The molecule has 2 nitrogen and oxygen atoms in total. The van der Waals surface area contributed by atoms with Crippen molar-refractivity contribution in [3.63, 3.8) is 0 Å². The minimum Gasteiger partial charge on any atom is -0.504 e. The first-order chi connectivity index (χ1) is 11.2. The van der Waals surface area contributed by atoms with E-state index in [0.717, 1.165) is 17.9 Å². The van der Waals surface area contributed by atoms with Gasteiger partial charge in [0.1, 0.15) is 0 Å². The van der Waals surface area contributed by atoms with Gasteiger partial charge in [-0.2, -0.15) is 0 Å². The Morgan fingerprint density at radius 2 is 2.00 bits per heavy atom. The second kappa shape index (κ2) is 5.45. The number of aryl methyl sites for hydroxylation is 1. The van der Waals surface area contributed by atoms with Crippen LogP contribution in [0.1, 0.15) is 48.3 Å². The fourth-order valence-electron chi connectivity index (χ4n) is 4.36. The number of phenolic OH excluding ortho intramolecular Hbond substituents is 1. The van der Waals surface area contributed by atoms with Crippen LogP contribution in [0.3, 0.4) is 0 Å². The van der Waals surface area contributed by atoms with Crippen LogP contribution >= 0.6 is 11.6 Å². The van der Waals surface area contributed by atoms with Gasteiger partial charge in [-0.3, -0.25) is 0 Å². The van der Waals surface area contributed by atoms with Crippen molar-refractivity contribution in [3.8, 4) is 11.5 Å². The summed E-state index contributed by atoms with van der Waals surface area (Å²) in [6, 6.07) is 12.2. The molecule has 0 amide bonds. The lowest BCUT2D eigenvalue weighted by molar-refractivity contribution is 0.368. The predicted octanol–water partition coefficient (Wildman–Crippen LogP) is 5.21. The molecule has 1 saturated carbocycles. The highest BCUT2D eigenvalue weighted by Gasteiger charge is 2.52. The lowest BCUT2D eigenvalue weighted by atomic mass is 9.71. The zero-order chi connectivity index (χ0) is 16.0. The average molecular weight is 329 g/mol. The molecule has 1 N–H and O–H groups in total. The lowest BCUT2D eigenvalue weighted by Gasteiger charge is -2.34. The molecule has 2 aliphatic rings. The van der Waals surface area contributed by atoms with Crippen molar-refractivity contribution in [2.75, 3.05) is 7.11 Å². The van der Waals surface area contributed by atoms with Gasteiger partial charge in [-0.25, -0.2) is 0 Å². The maximum Gasteiger partial charge on any atom is 0.160 e. The van der Waals surface area contributed by atoms with Gasteiger partial charge in [0.2, 0.25) is 0 Å². The van der Waals surface area contributed by atoms with Crippen molar-refractivity contribution in [2.45, 2.75) is 43.4 Å². The highest BCUT2D eigenvalue weighted by molar-refractivity contribution is 6.31. The van der Waals surface area contributed by atoms with Crippen molar-refractivity contribution in [2.24, 2.45) is 0 Å². The van der Waals surface area contributed by atoms with Crippen molar-refractivity contribution < 1.29 is 9.84 Å². The van der Waals surface area contributed by atoms with Crippen LogP contribution in [0.2, 0.25) is 5.02 Å². The summed E-state index contributed by atoms with van der Waals surface area (Å²) in [5.74, 6) is 1.25. The molecule has 3 heteroatoms. The van der Waals surface area contributed by atoms with Gasteiger partial charge in [-0.15, -0.1) is 0 Å². The predicted molar refractivity (Wildman–Crippen MR) is 92.7 cm³/mol. The zero-order valence-electron chi connectivity index (χ0n) is 13.3. The van der Waals surface area contributed by atoms with E-state index >= 15 is 0 Å². The molecule has 0 aliphatic heterocycles. The summed E-state index contributed by atoms with van der Waals surface area (Å²) < 4.78 is 5.28. The van der Waals surface area contributed by atoms with Gasteiger partial charge in [0.15, 0.2) is 11.5 Å². The molecule has 2 aromatic carbocycles. The van der Waals surface area contributed by atoms with Gasteiger partial charge in [-0.1, -0.05) is 29.8 Å². The fourth-order valence-corrected chi connectivity index (χ4v) is 4.69. The van der Waals surface area contributed by atoms with Crippen LogP contribution in [-0.4, -0.2) is 12.2 Å². The van der Waals surface area contributed by atoms with Gasteiger partial charge in [0, 0.05) is 10.4 Å². The SMILES string of the molecule is COc1cc2c(cc1O)C(C1(c3ccccc3Cl)CC1)CCC2. The maximum atomic E-state index is 10.2. The van der Waals surface area contributed by atoms with E-state index in [1.165, 1.54) is 36.0 Å². The summed E-state index contributed by atoms with van der Waals surface area (Å²) in [6.07, 6.45) is 5.74. The van der Waals surface area contributed by atoms with E-state index in [1.54, 1.807) is 7.11 Å². The largest absolute Gasteiger partial charge is 0.504 e. The van der Waals surface area contributed by atoms with Crippen LogP contribution in [0.5, 0.6) is 11.5 Å². The number of methoxy groups -OCH3 is 1. The normalized spacial score (nSPS) is 21.6. The third-order valence-electron chi connectivity index (χ3n) is 5.62. The Bertz CT molecular complexity index is 749. The summed E-state index contributed by atoms with van der Waals surface area (Å²) in [6.45, 7) is 0. The molecule has 2 aromatic rings. The number of hydrogen-bond donors (Lipinski definition) is 1. The number of halogens is 1. The number of aromatic hydroxyl groups is 1. The monoisotopic (exact) mass is 328 g/mol. The Morgan fingerprint density at radius 1 is 1.22 bits per heavy atom. The Kier molecular flexibility index (Phi) is 3.53. The molecular weight excluding hydrogens is 308 g/mol. The molecule has 1 unspecified atom stereocenters. The quantitative estimate of drug-likeness (QED) is 0.838. The first-order valence-corrected chi connectivity index (χ1v) is 8.68. The molecule has 120 valence electrons. The van der Waals surface area contributed by atoms with E-state index in [0.29, 0.717) is 11.7 Å². The molecule has 0 heterocycles. The molecule has 2 aliphatic carbocycles. The molecule has 1 fully saturated rings. The third-order valence-corrected chi connectivity index (χ3v) is 5.95.